The average molecular weight is 147 g/mol. The second kappa shape index (κ2) is 2.49. The molecule has 2 aromatic heterocycles. The molecular weight excluding hydrogens is 142 g/mol. The van der Waals surface area contributed by atoms with Gasteiger partial charge < -0.3 is 4.52 Å². The Bertz CT molecular complexity index is 317. The minimum Gasteiger partial charge on any atom is -0.364 e. The van der Waals surface area contributed by atoms with Gasteiger partial charge in [-0.25, -0.2) is 0 Å². The third kappa shape index (κ3) is 1.10. The molecule has 0 aliphatic carbocycles. The van der Waals surface area contributed by atoms with Crippen molar-refractivity contribution >= 4 is 0 Å². The smallest absolute Gasteiger partial charge is 0.133 e. The number of hydrogen-bond donors (Lipinski definition) is 0. The topological polar surface area (TPSA) is 51.8 Å². The molecule has 54 valence electrons. The zero-order valence-electron chi connectivity index (χ0n) is 5.64. The summed E-state index contributed by atoms with van der Waals surface area (Å²) in [4.78, 5) is 0. The van der Waals surface area contributed by atoms with E-state index in [1.807, 2.05) is 12.1 Å². The van der Waals surface area contributed by atoms with Crippen molar-refractivity contribution in [2.75, 3.05) is 0 Å². The largest absolute Gasteiger partial charge is 0.364 e. The molecule has 0 N–H and O–H groups in total. The second-order valence-electron chi connectivity index (χ2n) is 2.02. The Labute approximate surface area is 62.9 Å². The fourth-order valence-electron chi connectivity index (χ4n) is 0.787. The van der Waals surface area contributed by atoms with Crippen LogP contribution in [0.25, 0.3) is 11.3 Å². The third-order valence-corrected chi connectivity index (χ3v) is 1.30. The predicted octanol–water partition coefficient (Wildman–Crippen LogP) is 1.13. The van der Waals surface area contributed by atoms with E-state index in [9.17, 15) is 0 Å². The lowest BCUT2D eigenvalue weighted by molar-refractivity contribution is 0.420. The molecule has 0 bridgehead atoms. The molecule has 0 saturated heterocycles. The van der Waals surface area contributed by atoms with Crippen molar-refractivity contribution in [3.8, 4) is 11.3 Å². The maximum atomic E-state index is 4.65. The van der Waals surface area contributed by atoms with Gasteiger partial charge in [0.25, 0.3) is 0 Å². The van der Waals surface area contributed by atoms with Crippen LogP contribution >= 0.6 is 0 Å². The number of aromatic nitrogens is 3. The molecule has 0 unspecified atom stereocenters. The van der Waals surface area contributed by atoms with E-state index in [1.165, 1.54) is 6.26 Å². The van der Waals surface area contributed by atoms with Crippen molar-refractivity contribution in [2.24, 2.45) is 0 Å². The molecule has 11 heavy (non-hydrogen) atoms. The van der Waals surface area contributed by atoms with Crippen LogP contribution in [0.2, 0.25) is 0 Å². The van der Waals surface area contributed by atoms with E-state index in [0.717, 1.165) is 11.3 Å². The number of rotatable bonds is 1. The zero-order valence-corrected chi connectivity index (χ0v) is 5.64. The first kappa shape index (κ1) is 6.03. The highest BCUT2D eigenvalue weighted by Gasteiger charge is 1.99. The summed E-state index contributed by atoms with van der Waals surface area (Å²) < 4.78 is 4.65. The molecule has 2 rings (SSSR count). The summed E-state index contributed by atoms with van der Waals surface area (Å²) >= 11 is 0. The zero-order chi connectivity index (χ0) is 7.52. The molecule has 0 atom stereocenters. The van der Waals surface area contributed by atoms with Gasteiger partial charge in [-0.2, -0.15) is 10.2 Å². The molecule has 2 heterocycles. The molecule has 4 heteroatoms. The van der Waals surface area contributed by atoms with Gasteiger partial charge in [0.05, 0.1) is 17.5 Å². The lowest BCUT2D eigenvalue weighted by Gasteiger charge is -1.88. The van der Waals surface area contributed by atoms with Crippen LogP contribution in [0.15, 0.2) is 35.3 Å². The first-order valence-electron chi connectivity index (χ1n) is 3.14. The van der Waals surface area contributed by atoms with Crippen LogP contribution in [0.1, 0.15) is 0 Å². The Morgan fingerprint density at radius 3 is 3.00 bits per heavy atom. The standard InChI is InChI=1S/C7H5N3O/c1-2-7(10-8-3-1)6-4-9-11-5-6/h1-5H. The quantitative estimate of drug-likeness (QED) is 0.606. The van der Waals surface area contributed by atoms with Crippen molar-refractivity contribution in [3.05, 3.63) is 30.8 Å². The predicted molar refractivity (Wildman–Crippen MR) is 37.5 cm³/mol. The highest BCUT2D eigenvalue weighted by atomic mass is 16.5. The minimum atomic E-state index is 0.772. The van der Waals surface area contributed by atoms with Crippen molar-refractivity contribution in [1.82, 2.24) is 15.4 Å². The van der Waals surface area contributed by atoms with Crippen LogP contribution in [0.5, 0.6) is 0 Å². The maximum Gasteiger partial charge on any atom is 0.133 e. The molecule has 2 aromatic rings. The summed E-state index contributed by atoms with van der Waals surface area (Å²) in [6, 6.07) is 3.66. The van der Waals surface area contributed by atoms with Crippen LogP contribution in [0, 0.1) is 0 Å². The fraction of sp³-hybridized carbons (Fsp3) is 0. The second-order valence-corrected chi connectivity index (χ2v) is 2.02. The van der Waals surface area contributed by atoms with E-state index in [-0.39, 0.29) is 0 Å². The monoisotopic (exact) mass is 147 g/mol. The summed E-state index contributed by atoms with van der Waals surface area (Å²) in [7, 11) is 0. The van der Waals surface area contributed by atoms with Crippen molar-refractivity contribution in [1.29, 1.82) is 0 Å². The molecule has 4 nitrogen and oxygen atoms in total. The normalized spacial score (nSPS) is 9.82. The van der Waals surface area contributed by atoms with E-state index in [2.05, 4.69) is 19.9 Å². The van der Waals surface area contributed by atoms with E-state index < -0.39 is 0 Å². The fourth-order valence-corrected chi connectivity index (χ4v) is 0.787. The Balaban J connectivity index is 2.46. The molecule has 0 aliphatic rings. The molecule has 0 aliphatic heterocycles. The summed E-state index contributed by atoms with van der Waals surface area (Å²) in [5.41, 5.74) is 1.62. The number of nitrogens with zero attached hydrogens (tertiary/aromatic N) is 3. The van der Waals surface area contributed by atoms with E-state index >= 15 is 0 Å². The van der Waals surface area contributed by atoms with Crippen molar-refractivity contribution < 1.29 is 4.52 Å². The highest BCUT2D eigenvalue weighted by Crippen LogP contribution is 2.12. The Hall–Kier alpha value is -1.71. The summed E-state index contributed by atoms with van der Waals surface area (Å²) in [6.07, 6.45) is 4.75. The van der Waals surface area contributed by atoms with Gasteiger partial charge in [0.15, 0.2) is 0 Å². The Kier molecular flexibility index (Phi) is 1.37. The maximum absolute atomic E-state index is 4.65. The summed E-state index contributed by atoms with van der Waals surface area (Å²) in [5.74, 6) is 0. The minimum absolute atomic E-state index is 0.772. The van der Waals surface area contributed by atoms with Crippen LogP contribution in [0.3, 0.4) is 0 Å². The molecule has 0 radical (unpaired) electrons. The Morgan fingerprint density at radius 1 is 1.36 bits per heavy atom. The lowest BCUT2D eigenvalue weighted by atomic mass is 10.2. The van der Waals surface area contributed by atoms with Crippen LogP contribution < -0.4 is 0 Å². The average Bonchev–Trinajstić information content (AvgIpc) is 2.58. The third-order valence-electron chi connectivity index (χ3n) is 1.30. The van der Waals surface area contributed by atoms with Gasteiger partial charge in [0, 0.05) is 6.20 Å². The molecule has 0 spiro atoms. The summed E-state index contributed by atoms with van der Waals surface area (Å²) in [5, 5.41) is 11.1. The molecular formula is C7H5N3O. The highest BCUT2D eigenvalue weighted by molar-refractivity contribution is 5.54. The van der Waals surface area contributed by atoms with Gasteiger partial charge in [0.2, 0.25) is 0 Å². The van der Waals surface area contributed by atoms with Gasteiger partial charge in [-0.1, -0.05) is 5.16 Å². The van der Waals surface area contributed by atoms with Gasteiger partial charge in [-0.15, -0.1) is 0 Å². The van der Waals surface area contributed by atoms with Crippen LogP contribution in [0.4, 0.5) is 0 Å². The number of hydrogen-bond acceptors (Lipinski definition) is 4. The molecule has 0 saturated carbocycles. The summed E-state index contributed by atoms with van der Waals surface area (Å²) in [6.45, 7) is 0. The van der Waals surface area contributed by atoms with Gasteiger partial charge in [0.1, 0.15) is 6.26 Å². The molecule has 0 fully saturated rings. The molecule has 0 amide bonds. The van der Waals surface area contributed by atoms with E-state index in [0.29, 0.717) is 0 Å². The lowest BCUT2D eigenvalue weighted by Crippen LogP contribution is -1.82. The first-order chi connectivity index (χ1) is 5.47. The first-order valence-corrected chi connectivity index (χ1v) is 3.14. The van der Waals surface area contributed by atoms with E-state index in [4.69, 9.17) is 0 Å². The molecule has 0 aromatic carbocycles. The van der Waals surface area contributed by atoms with Crippen LogP contribution in [-0.4, -0.2) is 15.4 Å². The Morgan fingerprint density at radius 2 is 2.36 bits per heavy atom. The van der Waals surface area contributed by atoms with Crippen LogP contribution in [-0.2, 0) is 0 Å². The van der Waals surface area contributed by atoms with Gasteiger partial charge >= 0.3 is 0 Å². The van der Waals surface area contributed by atoms with Crippen molar-refractivity contribution in [2.45, 2.75) is 0 Å². The SMILES string of the molecule is c1cnnc(-c2cnoc2)c1. The van der Waals surface area contributed by atoms with E-state index in [1.54, 1.807) is 12.4 Å². The van der Waals surface area contributed by atoms with Gasteiger partial charge in [-0.3, -0.25) is 0 Å². The van der Waals surface area contributed by atoms with Gasteiger partial charge in [-0.05, 0) is 12.1 Å². The van der Waals surface area contributed by atoms with Crippen molar-refractivity contribution in [3.63, 3.8) is 0 Å².